The predicted molar refractivity (Wildman–Crippen MR) is 74.4 cm³/mol. The topological polar surface area (TPSA) is 41.1 Å². The molecule has 1 aliphatic carbocycles. The number of hydrogen-bond donors (Lipinski definition) is 2. The molecule has 0 bridgehead atoms. The third-order valence-corrected chi connectivity index (χ3v) is 4.41. The van der Waals surface area contributed by atoms with Crippen LogP contribution in [0.25, 0.3) is 0 Å². The lowest BCUT2D eigenvalue weighted by Crippen LogP contribution is -2.35. The quantitative estimate of drug-likeness (QED) is 0.731. The molecular formula is C15H28N2O. The van der Waals surface area contributed by atoms with Gasteiger partial charge in [0.2, 0.25) is 5.91 Å². The number of carbonyl (C=O) groups is 1. The summed E-state index contributed by atoms with van der Waals surface area (Å²) in [5.74, 6) is 1.95. The third kappa shape index (κ3) is 4.97. The molecule has 2 aliphatic rings. The summed E-state index contributed by atoms with van der Waals surface area (Å²) in [6, 6.07) is 0.429. The minimum atomic E-state index is 0.279. The Bertz CT molecular complexity index is 257. The molecule has 1 aliphatic heterocycles. The van der Waals surface area contributed by atoms with Gasteiger partial charge in [0, 0.05) is 12.5 Å². The summed E-state index contributed by atoms with van der Waals surface area (Å²) in [6.45, 7) is 4.44. The van der Waals surface area contributed by atoms with Crippen LogP contribution in [0.2, 0.25) is 0 Å². The number of amides is 1. The van der Waals surface area contributed by atoms with Gasteiger partial charge in [-0.2, -0.15) is 0 Å². The van der Waals surface area contributed by atoms with E-state index in [1.807, 2.05) is 0 Å². The summed E-state index contributed by atoms with van der Waals surface area (Å²) in [7, 11) is 0. The van der Waals surface area contributed by atoms with Gasteiger partial charge >= 0.3 is 0 Å². The Balaban J connectivity index is 1.60. The van der Waals surface area contributed by atoms with Gasteiger partial charge in [-0.15, -0.1) is 0 Å². The number of hydrogen-bond acceptors (Lipinski definition) is 2. The molecule has 0 aromatic heterocycles. The van der Waals surface area contributed by atoms with Gasteiger partial charge in [0.15, 0.2) is 0 Å². The zero-order valence-electron chi connectivity index (χ0n) is 11.7. The van der Waals surface area contributed by atoms with Crippen molar-refractivity contribution in [2.24, 2.45) is 11.8 Å². The van der Waals surface area contributed by atoms with Gasteiger partial charge in [-0.3, -0.25) is 4.79 Å². The van der Waals surface area contributed by atoms with Crippen molar-refractivity contribution in [2.75, 3.05) is 13.1 Å². The molecule has 3 heteroatoms. The van der Waals surface area contributed by atoms with Gasteiger partial charge in [-0.1, -0.05) is 19.8 Å². The van der Waals surface area contributed by atoms with Gasteiger partial charge in [-0.05, 0) is 57.0 Å². The van der Waals surface area contributed by atoms with Crippen LogP contribution in [-0.4, -0.2) is 25.0 Å². The average Bonchev–Trinajstić information content (AvgIpc) is 3.21. The predicted octanol–water partition coefficient (Wildman–Crippen LogP) is 2.46. The van der Waals surface area contributed by atoms with E-state index in [-0.39, 0.29) is 5.91 Å². The van der Waals surface area contributed by atoms with Crippen LogP contribution in [0, 0.1) is 11.8 Å². The van der Waals surface area contributed by atoms with Crippen molar-refractivity contribution in [1.82, 2.24) is 10.6 Å². The van der Waals surface area contributed by atoms with E-state index >= 15 is 0 Å². The van der Waals surface area contributed by atoms with E-state index in [0.717, 1.165) is 44.2 Å². The van der Waals surface area contributed by atoms with Gasteiger partial charge in [0.1, 0.15) is 0 Å². The van der Waals surface area contributed by atoms with Crippen molar-refractivity contribution < 1.29 is 4.79 Å². The summed E-state index contributed by atoms with van der Waals surface area (Å²) in [5.41, 5.74) is 0. The molecule has 1 saturated heterocycles. The summed E-state index contributed by atoms with van der Waals surface area (Å²) >= 11 is 0. The first-order valence-electron chi connectivity index (χ1n) is 7.78. The molecule has 1 saturated carbocycles. The normalized spacial score (nSPS) is 22.7. The summed E-state index contributed by atoms with van der Waals surface area (Å²) in [5, 5.41) is 6.59. The molecular weight excluding hydrogens is 224 g/mol. The lowest BCUT2D eigenvalue weighted by atomic mass is 9.93. The lowest BCUT2D eigenvalue weighted by Gasteiger charge is -2.23. The van der Waals surface area contributed by atoms with Crippen LogP contribution < -0.4 is 10.6 Å². The molecule has 3 nitrogen and oxygen atoms in total. The van der Waals surface area contributed by atoms with Crippen molar-refractivity contribution >= 4 is 5.91 Å². The minimum absolute atomic E-state index is 0.279. The summed E-state index contributed by atoms with van der Waals surface area (Å²) < 4.78 is 0. The molecule has 0 aromatic rings. The maximum absolute atomic E-state index is 11.9. The molecule has 2 fully saturated rings. The molecule has 0 radical (unpaired) electrons. The van der Waals surface area contributed by atoms with Crippen molar-refractivity contribution in [1.29, 1.82) is 0 Å². The Hall–Kier alpha value is -0.570. The molecule has 2 N–H and O–H groups in total. The molecule has 18 heavy (non-hydrogen) atoms. The largest absolute Gasteiger partial charge is 0.353 e. The van der Waals surface area contributed by atoms with E-state index < -0.39 is 0 Å². The summed E-state index contributed by atoms with van der Waals surface area (Å²) in [4.78, 5) is 11.9. The van der Waals surface area contributed by atoms with Crippen LogP contribution in [0.3, 0.4) is 0 Å². The fraction of sp³-hybridized carbons (Fsp3) is 0.933. The maximum atomic E-state index is 11.9. The average molecular weight is 252 g/mol. The van der Waals surface area contributed by atoms with Crippen molar-refractivity contribution in [2.45, 2.75) is 64.3 Å². The van der Waals surface area contributed by atoms with E-state index in [2.05, 4.69) is 17.6 Å². The third-order valence-electron chi connectivity index (χ3n) is 4.41. The second-order valence-corrected chi connectivity index (χ2v) is 6.08. The Morgan fingerprint density at radius 3 is 2.56 bits per heavy atom. The van der Waals surface area contributed by atoms with Crippen LogP contribution >= 0.6 is 0 Å². The first kappa shape index (κ1) is 13.9. The smallest absolute Gasteiger partial charge is 0.220 e. The maximum Gasteiger partial charge on any atom is 0.220 e. The molecule has 1 amide bonds. The summed E-state index contributed by atoms with van der Waals surface area (Å²) in [6.07, 6.45) is 9.33. The van der Waals surface area contributed by atoms with E-state index in [9.17, 15) is 4.79 Å². The number of carbonyl (C=O) groups excluding carboxylic acids is 1. The van der Waals surface area contributed by atoms with Crippen LogP contribution in [0.5, 0.6) is 0 Å². The first-order chi connectivity index (χ1) is 8.78. The van der Waals surface area contributed by atoms with E-state index in [0.29, 0.717) is 6.04 Å². The standard InChI is InChI=1S/C15H28N2O/c1-2-14(11-13-3-4-13)17-15(18)6-5-12-7-9-16-10-8-12/h12-14,16H,2-11H2,1H3,(H,17,18). The Morgan fingerprint density at radius 2 is 1.94 bits per heavy atom. The SMILES string of the molecule is CCC(CC1CC1)NC(=O)CCC1CCNCC1. The highest BCUT2D eigenvalue weighted by Crippen LogP contribution is 2.34. The zero-order valence-corrected chi connectivity index (χ0v) is 11.7. The van der Waals surface area contributed by atoms with Crippen molar-refractivity contribution in [3.05, 3.63) is 0 Å². The van der Waals surface area contributed by atoms with Crippen molar-refractivity contribution in [3.63, 3.8) is 0 Å². The number of rotatable bonds is 7. The highest BCUT2D eigenvalue weighted by atomic mass is 16.1. The van der Waals surface area contributed by atoms with Gasteiger partial charge < -0.3 is 10.6 Å². The van der Waals surface area contributed by atoms with Crippen LogP contribution in [-0.2, 0) is 4.79 Å². The molecule has 2 rings (SSSR count). The molecule has 0 spiro atoms. The second kappa shape index (κ2) is 7.13. The molecule has 1 atom stereocenters. The van der Waals surface area contributed by atoms with Crippen LogP contribution in [0.15, 0.2) is 0 Å². The van der Waals surface area contributed by atoms with Gasteiger partial charge in [-0.25, -0.2) is 0 Å². The number of nitrogens with one attached hydrogen (secondary N) is 2. The fourth-order valence-electron chi connectivity index (χ4n) is 2.89. The molecule has 1 unspecified atom stereocenters. The van der Waals surface area contributed by atoms with Crippen LogP contribution in [0.4, 0.5) is 0 Å². The molecule has 1 heterocycles. The van der Waals surface area contributed by atoms with E-state index in [1.54, 1.807) is 0 Å². The van der Waals surface area contributed by atoms with Gasteiger partial charge in [0.25, 0.3) is 0 Å². The fourth-order valence-corrected chi connectivity index (χ4v) is 2.89. The Morgan fingerprint density at radius 1 is 1.22 bits per heavy atom. The van der Waals surface area contributed by atoms with Crippen LogP contribution in [0.1, 0.15) is 58.3 Å². The van der Waals surface area contributed by atoms with E-state index in [4.69, 9.17) is 0 Å². The minimum Gasteiger partial charge on any atom is -0.353 e. The van der Waals surface area contributed by atoms with E-state index in [1.165, 1.54) is 32.1 Å². The monoisotopic (exact) mass is 252 g/mol. The number of piperidine rings is 1. The van der Waals surface area contributed by atoms with Crippen molar-refractivity contribution in [3.8, 4) is 0 Å². The Kier molecular flexibility index (Phi) is 5.48. The first-order valence-corrected chi connectivity index (χ1v) is 7.78. The second-order valence-electron chi connectivity index (χ2n) is 6.08. The lowest BCUT2D eigenvalue weighted by molar-refractivity contribution is -0.122. The molecule has 0 aromatic carbocycles. The zero-order chi connectivity index (χ0) is 12.8. The highest BCUT2D eigenvalue weighted by molar-refractivity contribution is 5.76. The Labute approximate surface area is 111 Å². The van der Waals surface area contributed by atoms with Gasteiger partial charge in [0.05, 0.1) is 0 Å². The highest BCUT2D eigenvalue weighted by Gasteiger charge is 2.25. The molecule has 104 valence electrons.